The predicted molar refractivity (Wildman–Crippen MR) is 131 cm³/mol. The number of anilines is 1. The summed E-state index contributed by atoms with van der Waals surface area (Å²) in [6.45, 7) is 0.668. The topological polar surface area (TPSA) is 59.3 Å². The van der Waals surface area contributed by atoms with Gasteiger partial charge in [0.05, 0.1) is 22.9 Å². The van der Waals surface area contributed by atoms with Crippen molar-refractivity contribution in [1.29, 1.82) is 0 Å². The summed E-state index contributed by atoms with van der Waals surface area (Å²) in [4.78, 5) is 22.1. The van der Waals surface area contributed by atoms with Crippen molar-refractivity contribution in [1.82, 2.24) is 14.4 Å². The van der Waals surface area contributed by atoms with Gasteiger partial charge in [-0.25, -0.2) is 9.97 Å². The number of ketones is 1. The molecule has 0 radical (unpaired) electrons. The average molecular weight is 433 g/mol. The number of hydrogen-bond acceptors (Lipinski definition) is 4. The van der Waals surface area contributed by atoms with E-state index in [0.717, 1.165) is 39.3 Å². The Labute approximate surface area is 192 Å². The number of aromatic nitrogens is 3. The van der Waals surface area contributed by atoms with Crippen LogP contribution in [0, 0.1) is 5.92 Å². The summed E-state index contributed by atoms with van der Waals surface area (Å²) in [6, 6.07) is 26.3. The van der Waals surface area contributed by atoms with Gasteiger partial charge in [-0.1, -0.05) is 66.7 Å². The van der Waals surface area contributed by atoms with E-state index in [0.29, 0.717) is 18.9 Å². The van der Waals surface area contributed by atoms with Crippen LogP contribution in [0.5, 0.6) is 0 Å². The third-order valence-corrected chi connectivity index (χ3v) is 6.30. The van der Waals surface area contributed by atoms with Crippen LogP contribution in [-0.2, 0) is 6.54 Å². The second-order valence-corrected chi connectivity index (χ2v) is 8.74. The minimum atomic E-state index is 0.240. The lowest BCUT2D eigenvalue weighted by molar-refractivity contribution is 0.0976. The molecule has 5 heteroatoms. The molecule has 0 aliphatic heterocycles. The van der Waals surface area contributed by atoms with E-state index in [1.807, 2.05) is 66.9 Å². The number of para-hydroxylation sites is 2. The fourth-order valence-electron chi connectivity index (χ4n) is 4.31. The summed E-state index contributed by atoms with van der Waals surface area (Å²) >= 11 is 0. The summed E-state index contributed by atoms with van der Waals surface area (Å²) in [5.74, 6) is 1.58. The number of nitrogens with zero attached hydrogens (tertiary/aromatic N) is 3. The highest BCUT2D eigenvalue weighted by atomic mass is 16.1. The van der Waals surface area contributed by atoms with Gasteiger partial charge in [0.1, 0.15) is 0 Å². The van der Waals surface area contributed by atoms with E-state index in [1.54, 1.807) is 0 Å². The van der Waals surface area contributed by atoms with Crippen molar-refractivity contribution in [2.75, 3.05) is 5.32 Å². The van der Waals surface area contributed by atoms with E-state index in [-0.39, 0.29) is 5.78 Å². The molecule has 6 rings (SSSR count). The molecule has 5 nitrogen and oxygen atoms in total. The Bertz CT molecular complexity index is 1450. The van der Waals surface area contributed by atoms with Gasteiger partial charge in [0.25, 0.3) is 0 Å². The Balaban J connectivity index is 1.40. The predicted octanol–water partition coefficient (Wildman–Crippen LogP) is 6.14. The van der Waals surface area contributed by atoms with Gasteiger partial charge in [-0.05, 0) is 36.5 Å². The molecule has 162 valence electrons. The molecule has 2 aromatic heterocycles. The first-order chi connectivity index (χ1) is 16.3. The van der Waals surface area contributed by atoms with Crippen molar-refractivity contribution in [3.05, 3.63) is 96.2 Å². The molecule has 1 N–H and O–H groups in total. The Morgan fingerprint density at radius 1 is 0.939 bits per heavy atom. The first-order valence-electron chi connectivity index (χ1n) is 11.4. The standard InChI is InChI=1S/C28H24N4O/c33-26(16-19-10-11-19)22-14-12-21(13-15-22)25-18-30-28-27(29-17-20-6-2-1-3-7-20)31-23-8-4-5-9-24(23)32(25)28/h1-9,12-15,18-19H,10-11,16-17H2,(H,29,31). The number of nitrogens with one attached hydrogen (secondary N) is 1. The first-order valence-corrected chi connectivity index (χ1v) is 11.4. The van der Waals surface area contributed by atoms with Crippen LogP contribution in [0.25, 0.3) is 27.9 Å². The molecule has 33 heavy (non-hydrogen) atoms. The Morgan fingerprint density at radius 3 is 2.48 bits per heavy atom. The maximum Gasteiger partial charge on any atom is 0.181 e. The highest BCUT2D eigenvalue weighted by Crippen LogP contribution is 2.34. The quantitative estimate of drug-likeness (QED) is 0.314. The number of Topliss-reactive ketones (excluding diaryl/α,β-unsaturated/α-hetero) is 1. The number of rotatable bonds is 7. The highest BCUT2D eigenvalue weighted by molar-refractivity contribution is 5.97. The van der Waals surface area contributed by atoms with Gasteiger partial charge in [0, 0.05) is 24.1 Å². The Kier molecular flexibility index (Phi) is 4.87. The van der Waals surface area contributed by atoms with E-state index in [1.165, 1.54) is 18.4 Å². The summed E-state index contributed by atoms with van der Waals surface area (Å²) in [7, 11) is 0. The molecule has 2 heterocycles. The molecule has 5 aromatic rings. The van der Waals surface area contributed by atoms with Crippen molar-refractivity contribution in [3.63, 3.8) is 0 Å². The molecule has 0 spiro atoms. The third kappa shape index (κ3) is 3.87. The number of imidazole rings is 1. The van der Waals surface area contributed by atoms with Crippen LogP contribution >= 0.6 is 0 Å². The summed E-state index contributed by atoms with van der Waals surface area (Å²) < 4.78 is 2.15. The summed E-state index contributed by atoms with van der Waals surface area (Å²) in [5, 5.41) is 3.47. The fraction of sp³-hybridized carbons (Fsp3) is 0.179. The maximum atomic E-state index is 12.5. The smallest absolute Gasteiger partial charge is 0.181 e. The molecule has 1 aliphatic carbocycles. The van der Waals surface area contributed by atoms with Gasteiger partial charge in [-0.15, -0.1) is 0 Å². The van der Waals surface area contributed by atoms with Crippen LogP contribution in [0.1, 0.15) is 35.2 Å². The lowest BCUT2D eigenvalue weighted by atomic mass is 10.0. The molecular weight excluding hydrogens is 408 g/mol. The van der Waals surface area contributed by atoms with Gasteiger partial charge in [0.2, 0.25) is 0 Å². The summed E-state index contributed by atoms with van der Waals surface area (Å²) in [6.07, 6.45) is 4.93. The van der Waals surface area contributed by atoms with Crippen LogP contribution in [-0.4, -0.2) is 20.2 Å². The van der Waals surface area contributed by atoms with E-state index in [4.69, 9.17) is 9.97 Å². The van der Waals surface area contributed by atoms with Crippen LogP contribution in [0.15, 0.2) is 85.1 Å². The third-order valence-electron chi connectivity index (χ3n) is 6.30. The van der Waals surface area contributed by atoms with E-state index < -0.39 is 0 Å². The number of carbonyl (C=O) groups is 1. The fourth-order valence-corrected chi connectivity index (χ4v) is 4.31. The molecule has 3 aromatic carbocycles. The second kappa shape index (κ2) is 8.17. The minimum absolute atomic E-state index is 0.240. The van der Waals surface area contributed by atoms with Crippen LogP contribution < -0.4 is 5.32 Å². The van der Waals surface area contributed by atoms with E-state index in [9.17, 15) is 4.79 Å². The van der Waals surface area contributed by atoms with Gasteiger partial charge in [-0.2, -0.15) is 0 Å². The van der Waals surface area contributed by atoms with Crippen molar-refractivity contribution in [2.24, 2.45) is 5.92 Å². The molecule has 1 fully saturated rings. The zero-order chi connectivity index (χ0) is 22.2. The molecule has 0 atom stereocenters. The minimum Gasteiger partial charge on any atom is -0.363 e. The molecule has 1 aliphatic rings. The van der Waals surface area contributed by atoms with Crippen molar-refractivity contribution < 1.29 is 4.79 Å². The van der Waals surface area contributed by atoms with Crippen LogP contribution in [0.2, 0.25) is 0 Å². The lowest BCUT2D eigenvalue weighted by Gasteiger charge is -2.12. The van der Waals surface area contributed by atoms with Crippen LogP contribution in [0.4, 0.5) is 5.82 Å². The SMILES string of the molecule is O=C(CC1CC1)c1ccc(-c2cnc3c(NCc4ccccc4)nc4ccccc4n23)cc1. The van der Waals surface area contributed by atoms with Gasteiger partial charge in [0.15, 0.2) is 17.2 Å². The summed E-state index contributed by atoms with van der Waals surface area (Å²) in [5.41, 5.74) is 6.66. The number of benzene rings is 3. The average Bonchev–Trinajstić information content (AvgIpc) is 3.57. The van der Waals surface area contributed by atoms with Gasteiger partial charge < -0.3 is 5.32 Å². The molecule has 0 unspecified atom stereocenters. The Hall–Kier alpha value is -3.99. The first kappa shape index (κ1) is 19.7. The lowest BCUT2D eigenvalue weighted by Crippen LogP contribution is -2.05. The molecule has 0 saturated heterocycles. The number of hydrogen-bond donors (Lipinski definition) is 1. The normalized spacial score (nSPS) is 13.5. The van der Waals surface area contributed by atoms with Crippen molar-refractivity contribution in [2.45, 2.75) is 25.8 Å². The number of fused-ring (bicyclic) bond motifs is 3. The maximum absolute atomic E-state index is 12.5. The van der Waals surface area contributed by atoms with E-state index >= 15 is 0 Å². The number of carbonyl (C=O) groups excluding carboxylic acids is 1. The Morgan fingerprint density at radius 2 is 1.70 bits per heavy atom. The van der Waals surface area contributed by atoms with Crippen molar-refractivity contribution >= 4 is 28.3 Å². The molecular formula is C28H24N4O. The highest BCUT2D eigenvalue weighted by Gasteiger charge is 2.25. The van der Waals surface area contributed by atoms with Gasteiger partial charge in [-0.3, -0.25) is 9.20 Å². The molecule has 0 bridgehead atoms. The van der Waals surface area contributed by atoms with Crippen LogP contribution in [0.3, 0.4) is 0 Å². The zero-order valence-corrected chi connectivity index (χ0v) is 18.2. The molecule has 0 amide bonds. The monoisotopic (exact) mass is 432 g/mol. The molecule has 1 saturated carbocycles. The van der Waals surface area contributed by atoms with Gasteiger partial charge >= 0.3 is 0 Å². The largest absolute Gasteiger partial charge is 0.363 e. The zero-order valence-electron chi connectivity index (χ0n) is 18.2. The van der Waals surface area contributed by atoms with Crippen molar-refractivity contribution in [3.8, 4) is 11.3 Å². The second-order valence-electron chi connectivity index (χ2n) is 8.74. The van der Waals surface area contributed by atoms with E-state index in [2.05, 4.69) is 27.9 Å².